The third-order valence-electron chi connectivity index (χ3n) is 3.71. The molecule has 2 aliphatic rings. The van der Waals surface area contributed by atoms with E-state index in [9.17, 15) is 14.4 Å². The van der Waals surface area contributed by atoms with Gasteiger partial charge in [0.1, 0.15) is 5.69 Å². The second-order valence-corrected chi connectivity index (χ2v) is 5.34. The lowest BCUT2D eigenvalue weighted by Crippen LogP contribution is -2.45. The predicted molar refractivity (Wildman–Crippen MR) is 72.7 cm³/mol. The van der Waals surface area contributed by atoms with Crippen LogP contribution in [0.5, 0.6) is 0 Å². The van der Waals surface area contributed by atoms with Gasteiger partial charge in [-0.15, -0.1) is 0 Å². The van der Waals surface area contributed by atoms with Gasteiger partial charge in [-0.25, -0.2) is 0 Å². The van der Waals surface area contributed by atoms with Gasteiger partial charge in [-0.1, -0.05) is 6.07 Å². The number of hydrogen-bond donors (Lipinski definition) is 2. The van der Waals surface area contributed by atoms with E-state index in [2.05, 4.69) is 15.8 Å². The molecule has 21 heavy (non-hydrogen) atoms. The number of aromatic nitrogens is 1. The first kappa shape index (κ1) is 13.5. The van der Waals surface area contributed by atoms with E-state index in [4.69, 9.17) is 0 Å². The topological polar surface area (TPSA) is 91.4 Å². The number of rotatable bonds is 3. The van der Waals surface area contributed by atoms with Gasteiger partial charge >= 0.3 is 0 Å². The Kier molecular flexibility index (Phi) is 3.55. The van der Waals surface area contributed by atoms with Crippen molar-refractivity contribution in [2.75, 3.05) is 6.54 Å². The molecule has 2 N–H and O–H groups in total. The minimum atomic E-state index is -0.479. The predicted octanol–water partition coefficient (Wildman–Crippen LogP) is -0.147. The zero-order chi connectivity index (χ0) is 14.8. The van der Waals surface area contributed by atoms with Crippen molar-refractivity contribution in [2.24, 2.45) is 5.92 Å². The zero-order valence-electron chi connectivity index (χ0n) is 11.4. The summed E-state index contributed by atoms with van der Waals surface area (Å²) in [7, 11) is 0. The Morgan fingerprint density at radius 3 is 2.71 bits per heavy atom. The molecule has 1 saturated heterocycles. The van der Waals surface area contributed by atoms with Crippen molar-refractivity contribution >= 4 is 17.7 Å². The zero-order valence-corrected chi connectivity index (χ0v) is 11.4. The van der Waals surface area contributed by atoms with Gasteiger partial charge in [0.15, 0.2) is 0 Å². The van der Waals surface area contributed by atoms with Crippen molar-refractivity contribution in [3.63, 3.8) is 0 Å². The van der Waals surface area contributed by atoms with E-state index in [1.165, 1.54) is 6.20 Å². The van der Waals surface area contributed by atoms with Crippen LogP contribution in [0.15, 0.2) is 24.4 Å². The number of nitrogens with one attached hydrogen (secondary N) is 2. The summed E-state index contributed by atoms with van der Waals surface area (Å²) >= 11 is 0. The van der Waals surface area contributed by atoms with Gasteiger partial charge in [0, 0.05) is 25.2 Å². The Balaban J connectivity index is 1.50. The molecular formula is C14H16N4O3. The molecule has 7 heteroatoms. The number of pyridine rings is 1. The van der Waals surface area contributed by atoms with Crippen LogP contribution in [-0.4, -0.2) is 40.2 Å². The van der Waals surface area contributed by atoms with Crippen LogP contribution in [0.25, 0.3) is 0 Å². The molecular weight excluding hydrogens is 272 g/mol. The number of hydrogen-bond acceptors (Lipinski definition) is 4. The largest absolute Gasteiger partial charge is 0.339 e. The van der Waals surface area contributed by atoms with E-state index in [-0.39, 0.29) is 23.9 Å². The molecule has 1 atom stereocenters. The summed E-state index contributed by atoms with van der Waals surface area (Å²) in [5.74, 6) is -1.20. The highest BCUT2D eigenvalue weighted by Gasteiger charge is 2.41. The monoisotopic (exact) mass is 288 g/mol. The fraction of sp³-hybridized carbons (Fsp3) is 0.429. The van der Waals surface area contributed by atoms with Gasteiger partial charge in [0.25, 0.3) is 5.91 Å². The van der Waals surface area contributed by atoms with Gasteiger partial charge < -0.3 is 4.90 Å². The minimum Gasteiger partial charge on any atom is -0.339 e. The van der Waals surface area contributed by atoms with Gasteiger partial charge in [-0.3, -0.25) is 30.2 Å². The van der Waals surface area contributed by atoms with Crippen LogP contribution in [0.1, 0.15) is 29.8 Å². The van der Waals surface area contributed by atoms with Crippen LogP contribution < -0.4 is 10.9 Å². The molecule has 2 heterocycles. The van der Waals surface area contributed by atoms with E-state index in [0.29, 0.717) is 12.6 Å². The third kappa shape index (κ3) is 3.01. The third-order valence-corrected chi connectivity index (χ3v) is 3.71. The number of carbonyl (C=O) groups excluding carboxylic acids is 3. The SMILES string of the molecule is O=C(NNC(=O)C1CC(=O)N(C2CC2)C1)c1ccccn1. The Morgan fingerprint density at radius 1 is 1.24 bits per heavy atom. The van der Waals surface area contributed by atoms with Crippen LogP contribution >= 0.6 is 0 Å². The average Bonchev–Trinajstić information content (AvgIpc) is 3.28. The molecule has 1 aliphatic carbocycles. The van der Waals surface area contributed by atoms with Gasteiger partial charge in [0.05, 0.1) is 5.92 Å². The quantitative estimate of drug-likeness (QED) is 0.757. The molecule has 1 saturated carbocycles. The molecule has 0 aromatic carbocycles. The summed E-state index contributed by atoms with van der Waals surface area (Å²) in [6, 6.07) is 5.26. The summed E-state index contributed by atoms with van der Waals surface area (Å²) in [6.07, 6.45) is 3.76. The van der Waals surface area contributed by atoms with Crippen molar-refractivity contribution in [2.45, 2.75) is 25.3 Å². The van der Waals surface area contributed by atoms with Crippen LogP contribution in [-0.2, 0) is 9.59 Å². The van der Waals surface area contributed by atoms with Crippen molar-refractivity contribution in [1.82, 2.24) is 20.7 Å². The van der Waals surface area contributed by atoms with Crippen molar-refractivity contribution in [1.29, 1.82) is 0 Å². The van der Waals surface area contributed by atoms with E-state index >= 15 is 0 Å². The Hall–Kier alpha value is -2.44. The number of hydrazine groups is 1. The van der Waals surface area contributed by atoms with Gasteiger partial charge in [0.2, 0.25) is 11.8 Å². The smallest absolute Gasteiger partial charge is 0.288 e. The van der Waals surface area contributed by atoms with E-state index in [1.807, 2.05) is 0 Å². The molecule has 1 unspecified atom stereocenters. The van der Waals surface area contributed by atoms with E-state index in [1.54, 1.807) is 23.1 Å². The maximum atomic E-state index is 12.0. The lowest BCUT2D eigenvalue weighted by Gasteiger charge is -2.15. The number of amides is 3. The van der Waals surface area contributed by atoms with Crippen LogP contribution in [0, 0.1) is 5.92 Å². The Labute approximate surface area is 121 Å². The normalized spacial score (nSPS) is 21.2. The van der Waals surface area contributed by atoms with E-state index in [0.717, 1.165) is 12.8 Å². The first-order valence-electron chi connectivity index (χ1n) is 6.96. The number of nitrogens with zero attached hydrogens (tertiary/aromatic N) is 2. The summed E-state index contributed by atoms with van der Waals surface area (Å²) in [6.45, 7) is 0.439. The fourth-order valence-corrected chi connectivity index (χ4v) is 2.43. The standard InChI is InChI=1S/C14H16N4O3/c19-12-7-9(8-18(12)10-4-5-10)13(20)16-17-14(21)11-3-1-2-6-15-11/h1-3,6,9-10H,4-5,7-8H2,(H,16,20)(H,17,21). The second-order valence-electron chi connectivity index (χ2n) is 5.34. The average molecular weight is 288 g/mol. The highest BCUT2D eigenvalue weighted by molar-refractivity contribution is 5.95. The molecule has 3 amide bonds. The first-order valence-corrected chi connectivity index (χ1v) is 6.96. The van der Waals surface area contributed by atoms with Gasteiger partial charge in [-0.05, 0) is 25.0 Å². The first-order chi connectivity index (χ1) is 10.1. The summed E-state index contributed by atoms with van der Waals surface area (Å²) in [4.78, 5) is 41.2. The Morgan fingerprint density at radius 2 is 2.05 bits per heavy atom. The Bertz CT molecular complexity index is 571. The molecule has 2 fully saturated rings. The molecule has 0 spiro atoms. The van der Waals surface area contributed by atoms with Crippen molar-refractivity contribution in [3.8, 4) is 0 Å². The lowest BCUT2D eigenvalue weighted by atomic mass is 10.1. The fourth-order valence-electron chi connectivity index (χ4n) is 2.43. The molecule has 3 rings (SSSR count). The summed E-state index contributed by atoms with van der Waals surface area (Å²) in [5.41, 5.74) is 4.91. The minimum absolute atomic E-state index is 0.0219. The van der Waals surface area contributed by atoms with Crippen molar-refractivity contribution in [3.05, 3.63) is 30.1 Å². The van der Waals surface area contributed by atoms with Crippen LogP contribution in [0.4, 0.5) is 0 Å². The van der Waals surface area contributed by atoms with Gasteiger partial charge in [-0.2, -0.15) is 0 Å². The lowest BCUT2D eigenvalue weighted by molar-refractivity contribution is -0.129. The molecule has 0 bridgehead atoms. The highest BCUT2D eigenvalue weighted by atomic mass is 16.2. The van der Waals surface area contributed by atoms with Crippen LogP contribution in [0.2, 0.25) is 0 Å². The summed E-state index contributed by atoms with van der Waals surface area (Å²) in [5, 5.41) is 0. The maximum absolute atomic E-state index is 12.0. The molecule has 110 valence electrons. The highest BCUT2D eigenvalue weighted by Crippen LogP contribution is 2.32. The number of likely N-dealkylation sites (tertiary alicyclic amines) is 1. The molecule has 1 aliphatic heterocycles. The molecule has 0 radical (unpaired) electrons. The molecule has 1 aromatic heterocycles. The molecule has 7 nitrogen and oxygen atoms in total. The van der Waals surface area contributed by atoms with Crippen molar-refractivity contribution < 1.29 is 14.4 Å². The van der Waals surface area contributed by atoms with Crippen LogP contribution in [0.3, 0.4) is 0 Å². The maximum Gasteiger partial charge on any atom is 0.288 e. The molecule has 1 aromatic rings. The summed E-state index contributed by atoms with van der Waals surface area (Å²) < 4.78 is 0. The van der Waals surface area contributed by atoms with E-state index < -0.39 is 11.8 Å². The number of carbonyl (C=O) groups is 3. The second kappa shape index (κ2) is 5.51.